The highest BCUT2D eigenvalue weighted by Gasteiger charge is 2.06. The summed E-state index contributed by atoms with van der Waals surface area (Å²) >= 11 is 6.63. The molecule has 0 aliphatic heterocycles. The first-order valence-electron chi connectivity index (χ1n) is 3.24. The van der Waals surface area contributed by atoms with Crippen molar-refractivity contribution in [2.24, 2.45) is 0 Å². The zero-order valence-electron chi connectivity index (χ0n) is 5.84. The molecule has 1 nitrogen and oxygen atoms in total. The summed E-state index contributed by atoms with van der Waals surface area (Å²) < 4.78 is 13.5. The number of benzene rings is 1. The average Bonchev–Trinajstić information content (AvgIpc) is 2.29. The number of rotatable bonds is 0. The Morgan fingerprint density at radius 3 is 2.83 bits per heavy atom. The molecular weight excluding hydrogens is 199 g/mol. The van der Waals surface area contributed by atoms with Crippen LogP contribution in [0.1, 0.15) is 0 Å². The Hall–Kier alpha value is -0.800. The third kappa shape index (κ3) is 1.15. The van der Waals surface area contributed by atoms with E-state index in [4.69, 9.17) is 16.7 Å². The lowest BCUT2D eigenvalue weighted by atomic mass is 10.2. The molecule has 0 radical (unpaired) electrons. The van der Waals surface area contributed by atoms with Gasteiger partial charge in [-0.2, -0.15) is 0 Å². The third-order valence-corrected chi connectivity index (χ3v) is 2.70. The Kier molecular flexibility index (Phi) is 1.70. The second-order valence-electron chi connectivity index (χ2n) is 2.39. The van der Waals surface area contributed by atoms with Gasteiger partial charge in [-0.3, -0.25) is 0 Å². The van der Waals surface area contributed by atoms with Crippen LogP contribution in [0.5, 0.6) is 5.06 Å². The van der Waals surface area contributed by atoms with Gasteiger partial charge in [0.15, 0.2) is 5.06 Å². The summed E-state index contributed by atoms with van der Waals surface area (Å²) in [6.45, 7) is 0. The molecule has 0 saturated heterocycles. The van der Waals surface area contributed by atoms with Gasteiger partial charge in [0.1, 0.15) is 5.82 Å². The van der Waals surface area contributed by atoms with Gasteiger partial charge in [-0.05, 0) is 18.2 Å². The van der Waals surface area contributed by atoms with Crippen molar-refractivity contribution in [1.82, 2.24) is 0 Å². The van der Waals surface area contributed by atoms with E-state index < -0.39 is 0 Å². The predicted octanol–water partition coefficient (Wildman–Crippen LogP) is 3.40. The summed E-state index contributed by atoms with van der Waals surface area (Å²) in [5, 5.41) is 10.2. The summed E-state index contributed by atoms with van der Waals surface area (Å²) in [7, 11) is 0. The number of thiophene rings is 1. The highest BCUT2D eigenvalue weighted by atomic mass is 35.5. The van der Waals surface area contributed by atoms with Gasteiger partial charge in [-0.25, -0.2) is 4.39 Å². The molecule has 0 aliphatic rings. The van der Waals surface area contributed by atoms with Gasteiger partial charge in [0.2, 0.25) is 0 Å². The highest BCUT2D eigenvalue weighted by Crippen LogP contribution is 2.34. The number of hydrogen-bond donors (Lipinski definition) is 1. The molecule has 0 amide bonds. The SMILES string of the molecule is Oc1cc2cc(Cl)cc(F)c2s1. The van der Waals surface area contributed by atoms with Crippen molar-refractivity contribution in [1.29, 1.82) is 0 Å². The Labute approximate surface area is 77.0 Å². The topological polar surface area (TPSA) is 20.2 Å². The summed E-state index contributed by atoms with van der Waals surface area (Å²) in [6.07, 6.45) is 0. The van der Waals surface area contributed by atoms with E-state index in [9.17, 15) is 4.39 Å². The Morgan fingerprint density at radius 1 is 1.33 bits per heavy atom. The highest BCUT2D eigenvalue weighted by molar-refractivity contribution is 7.20. The van der Waals surface area contributed by atoms with Gasteiger partial charge in [-0.1, -0.05) is 22.9 Å². The fourth-order valence-electron chi connectivity index (χ4n) is 1.06. The molecule has 4 heteroatoms. The maximum Gasteiger partial charge on any atom is 0.172 e. The van der Waals surface area contributed by atoms with Crippen molar-refractivity contribution in [2.75, 3.05) is 0 Å². The molecular formula is C8H4ClFOS. The van der Waals surface area contributed by atoms with E-state index in [1.807, 2.05) is 0 Å². The maximum atomic E-state index is 13.1. The third-order valence-electron chi connectivity index (χ3n) is 1.52. The molecule has 0 atom stereocenters. The molecule has 1 aromatic heterocycles. The largest absolute Gasteiger partial charge is 0.499 e. The molecule has 2 rings (SSSR count). The fraction of sp³-hybridized carbons (Fsp3) is 0. The van der Waals surface area contributed by atoms with Crippen LogP contribution in [0.15, 0.2) is 18.2 Å². The summed E-state index contributed by atoms with van der Waals surface area (Å²) in [6, 6.07) is 4.35. The summed E-state index contributed by atoms with van der Waals surface area (Å²) in [4.78, 5) is 0. The lowest BCUT2D eigenvalue weighted by Gasteiger charge is -1.92. The van der Waals surface area contributed by atoms with Gasteiger partial charge in [0.25, 0.3) is 0 Å². The van der Waals surface area contributed by atoms with Gasteiger partial charge < -0.3 is 5.11 Å². The van der Waals surface area contributed by atoms with Crippen LogP contribution in [0.2, 0.25) is 5.02 Å². The molecule has 12 heavy (non-hydrogen) atoms. The minimum absolute atomic E-state index is 0.103. The lowest BCUT2D eigenvalue weighted by Crippen LogP contribution is -1.72. The van der Waals surface area contributed by atoms with Crippen molar-refractivity contribution in [3.63, 3.8) is 0 Å². The van der Waals surface area contributed by atoms with Crippen LogP contribution < -0.4 is 0 Å². The van der Waals surface area contributed by atoms with Crippen molar-refractivity contribution < 1.29 is 9.50 Å². The van der Waals surface area contributed by atoms with E-state index in [0.717, 1.165) is 11.3 Å². The lowest BCUT2D eigenvalue weighted by molar-refractivity contribution is 0.491. The first-order chi connectivity index (χ1) is 5.66. The molecule has 0 saturated carbocycles. The van der Waals surface area contributed by atoms with Gasteiger partial charge in [0.05, 0.1) is 4.70 Å². The second-order valence-corrected chi connectivity index (χ2v) is 3.86. The van der Waals surface area contributed by atoms with Crippen molar-refractivity contribution in [2.45, 2.75) is 0 Å². The van der Waals surface area contributed by atoms with E-state index in [2.05, 4.69) is 0 Å². The number of halogens is 2. The van der Waals surface area contributed by atoms with E-state index in [0.29, 0.717) is 15.1 Å². The van der Waals surface area contributed by atoms with Crippen LogP contribution in [0.4, 0.5) is 4.39 Å². The first kappa shape index (κ1) is 7.83. The number of aromatic hydroxyl groups is 1. The van der Waals surface area contributed by atoms with Crippen molar-refractivity contribution in [3.8, 4) is 5.06 Å². The zero-order valence-corrected chi connectivity index (χ0v) is 7.42. The van der Waals surface area contributed by atoms with Crippen LogP contribution in [-0.4, -0.2) is 5.11 Å². The van der Waals surface area contributed by atoms with Gasteiger partial charge >= 0.3 is 0 Å². The van der Waals surface area contributed by atoms with Gasteiger partial charge in [0, 0.05) is 10.4 Å². The van der Waals surface area contributed by atoms with Crippen LogP contribution in [0, 0.1) is 5.82 Å². The molecule has 1 N–H and O–H groups in total. The van der Waals surface area contributed by atoms with Crippen LogP contribution in [-0.2, 0) is 0 Å². The Morgan fingerprint density at radius 2 is 2.08 bits per heavy atom. The fourth-order valence-corrected chi connectivity index (χ4v) is 2.06. The van der Waals surface area contributed by atoms with E-state index in [1.165, 1.54) is 12.1 Å². The van der Waals surface area contributed by atoms with Crippen LogP contribution in [0.25, 0.3) is 10.1 Å². The predicted molar refractivity (Wildman–Crippen MR) is 48.5 cm³/mol. The van der Waals surface area contributed by atoms with Crippen molar-refractivity contribution in [3.05, 3.63) is 29.0 Å². The number of hydrogen-bond acceptors (Lipinski definition) is 2. The normalized spacial score (nSPS) is 10.8. The molecule has 0 spiro atoms. The molecule has 62 valence electrons. The molecule has 2 aromatic rings. The van der Waals surface area contributed by atoms with Gasteiger partial charge in [-0.15, -0.1) is 0 Å². The second kappa shape index (κ2) is 2.61. The molecule has 0 aliphatic carbocycles. The van der Waals surface area contributed by atoms with Crippen LogP contribution in [0.3, 0.4) is 0 Å². The van der Waals surface area contributed by atoms with Crippen LogP contribution >= 0.6 is 22.9 Å². The minimum atomic E-state index is -0.386. The van der Waals surface area contributed by atoms with E-state index >= 15 is 0 Å². The van der Waals surface area contributed by atoms with E-state index in [1.54, 1.807) is 6.07 Å². The monoisotopic (exact) mass is 202 g/mol. The first-order valence-corrected chi connectivity index (χ1v) is 4.44. The minimum Gasteiger partial charge on any atom is -0.499 e. The van der Waals surface area contributed by atoms with E-state index in [-0.39, 0.29) is 10.9 Å². The molecule has 0 fully saturated rings. The maximum absolute atomic E-state index is 13.1. The summed E-state index contributed by atoms with van der Waals surface area (Å²) in [5.41, 5.74) is 0. The molecule has 0 unspecified atom stereocenters. The number of fused-ring (bicyclic) bond motifs is 1. The molecule has 1 heterocycles. The Bertz CT molecular complexity index is 438. The smallest absolute Gasteiger partial charge is 0.172 e. The summed E-state index contributed by atoms with van der Waals surface area (Å²) in [5.74, 6) is -0.386. The van der Waals surface area contributed by atoms with Crippen molar-refractivity contribution >= 4 is 33.0 Å². The average molecular weight is 203 g/mol. The Balaban J connectivity index is 2.88. The quantitative estimate of drug-likeness (QED) is 0.694. The zero-order chi connectivity index (χ0) is 8.72. The molecule has 0 bridgehead atoms. The standard InChI is InChI=1S/C8H4ClFOS/c9-5-1-4-2-7(11)12-8(4)6(10)3-5/h1-3,11H. The molecule has 1 aromatic carbocycles.